The zero-order valence-corrected chi connectivity index (χ0v) is 21.6. The second-order valence-corrected chi connectivity index (χ2v) is 10.2. The summed E-state index contributed by atoms with van der Waals surface area (Å²) in [5, 5.41) is 0. The first-order valence-corrected chi connectivity index (χ1v) is 12.8. The number of thiazole rings is 1. The number of furan rings is 1. The first kappa shape index (κ1) is 24.3. The summed E-state index contributed by atoms with van der Waals surface area (Å²) >= 11 is 1.28. The molecule has 1 atom stereocenters. The number of morpholine rings is 1. The largest absolute Gasteiger partial charge is 0.466 e. The average molecular weight is 508 g/mol. The van der Waals surface area contributed by atoms with Crippen LogP contribution >= 0.6 is 11.3 Å². The number of benzene rings is 1. The van der Waals surface area contributed by atoms with Gasteiger partial charge in [0.1, 0.15) is 5.76 Å². The Morgan fingerprint density at radius 3 is 2.56 bits per heavy atom. The highest BCUT2D eigenvalue weighted by atomic mass is 32.1. The Hall–Kier alpha value is -3.43. The fraction of sp³-hybridized carbons (Fsp3) is 0.370. The van der Waals surface area contributed by atoms with Gasteiger partial charge < -0.3 is 18.8 Å². The molecule has 1 unspecified atom stereocenters. The van der Waals surface area contributed by atoms with Gasteiger partial charge in [-0.3, -0.25) is 9.36 Å². The van der Waals surface area contributed by atoms with Crippen molar-refractivity contribution in [2.24, 2.45) is 4.99 Å². The molecule has 0 N–H and O–H groups in total. The summed E-state index contributed by atoms with van der Waals surface area (Å²) in [5.74, 6) is 1.21. The van der Waals surface area contributed by atoms with Gasteiger partial charge in [-0.25, -0.2) is 9.79 Å². The number of fused-ring (bicyclic) bond motifs is 1. The van der Waals surface area contributed by atoms with Gasteiger partial charge in [0.15, 0.2) is 10.7 Å². The van der Waals surface area contributed by atoms with Crippen molar-refractivity contribution in [1.82, 2.24) is 4.57 Å². The quantitative estimate of drug-likeness (QED) is 0.494. The van der Waals surface area contributed by atoms with Gasteiger partial charge in [0, 0.05) is 25.2 Å². The van der Waals surface area contributed by atoms with E-state index in [0.29, 0.717) is 45.5 Å². The summed E-state index contributed by atoms with van der Waals surface area (Å²) in [5.41, 5.74) is 2.69. The Bertz CT molecular complexity index is 1490. The van der Waals surface area contributed by atoms with E-state index in [4.69, 9.17) is 13.9 Å². The molecule has 5 rings (SSSR count). The molecule has 0 aliphatic carbocycles. The van der Waals surface area contributed by atoms with E-state index in [2.05, 4.69) is 23.7 Å². The third-order valence-corrected chi connectivity index (χ3v) is 7.54. The monoisotopic (exact) mass is 507 g/mol. The van der Waals surface area contributed by atoms with Gasteiger partial charge in [-0.05, 0) is 30.0 Å². The van der Waals surface area contributed by atoms with Crippen molar-refractivity contribution in [2.45, 2.75) is 32.7 Å². The first-order valence-electron chi connectivity index (χ1n) is 12.0. The Labute approximate surface area is 212 Å². The molecule has 188 valence electrons. The molecule has 1 aromatic carbocycles. The lowest BCUT2D eigenvalue weighted by molar-refractivity contribution is -0.136. The number of rotatable bonds is 5. The van der Waals surface area contributed by atoms with Crippen LogP contribution in [0.1, 0.15) is 49.6 Å². The molecule has 0 radical (unpaired) electrons. The number of hydrogen-bond donors (Lipinski definition) is 0. The van der Waals surface area contributed by atoms with Crippen molar-refractivity contribution in [2.75, 3.05) is 38.3 Å². The second-order valence-electron chi connectivity index (χ2n) is 9.17. The van der Waals surface area contributed by atoms with Crippen LogP contribution < -0.4 is 19.8 Å². The van der Waals surface area contributed by atoms with E-state index < -0.39 is 12.0 Å². The van der Waals surface area contributed by atoms with Gasteiger partial charge in [-0.1, -0.05) is 49.4 Å². The van der Waals surface area contributed by atoms with Gasteiger partial charge >= 0.3 is 5.97 Å². The van der Waals surface area contributed by atoms with Crippen LogP contribution in [0.3, 0.4) is 0 Å². The number of methoxy groups -OCH3 is 1. The molecular formula is C27H29N3O5S. The number of carbonyl (C=O) groups is 1. The van der Waals surface area contributed by atoms with Gasteiger partial charge in [0.2, 0.25) is 0 Å². The van der Waals surface area contributed by atoms with Gasteiger partial charge in [0.25, 0.3) is 5.56 Å². The highest BCUT2D eigenvalue weighted by Gasteiger charge is 2.33. The summed E-state index contributed by atoms with van der Waals surface area (Å²) in [6.45, 7) is 8.88. The van der Waals surface area contributed by atoms with Crippen molar-refractivity contribution in [3.8, 4) is 0 Å². The molecule has 1 fully saturated rings. The molecule has 36 heavy (non-hydrogen) atoms. The second kappa shape index (κ2) is 9.91. The maximum atomic E-state index is 13.7. The van der Waals surface area contributed by atoms with Crippen LogP contribution in [0.15, 0.2) is 61.9 Å². The highest BCUT2D eigenvalue weighted by Crippen LogP contribution is 2.31. The fourth-order valence-corrected chi connectivity index (χ4v) is 5.60. The fourth-order valence-electron chi connectivity index (χ4n) is 4.57. The number of hydrogen-bond acceptors (Lipinski definition) is 8. The molecule has 2 aliphatic rings. The van der Waals surface area contributed by atoms with Crippen molar-refractivity contribution in [3.63, 3.8) is 0 Å². The Morgan fingerprint density at radius 1 is 1.17 bits per heavy atom. The van der Waals surface area contributed by atoms with Crippen LogP contribution in [0.2, 0.25) is 0 Å². The first-order chi connectivity index (χ1) is 17.4. The highest BCUT2D eigenvalue weighted by molar-refractivity contribution is 7.07. The molecule has 9 heteroatoms. The topological polar surface area (TPSA) is 86.3 Å². The van der Waals surface area contributed by atoms with Crippen molar-refractivity contribution >= 4 is 29.3 Å². The van der Waals surface area contributed by atoms with Crippen LogP contribution in [0.5, 0.6) is 0 Å². The molecular weight excluding hydrogens is 478 g/mol. The van der Waals surface area contributed by atoms with Crippen molar-refractivity contribution in [3.05, 3.63) is 84.2 Å². The van der Waals surface area contributed by atoms with Gasteiger partial charge in [-0.2, -0.15) is 0 Å². The molecule has 3 aromatic rings. The maximum absolute atomic E-state index is 13.7. The van der Waals surface area contributed by atoms with Crippen molar-refractivity contribution in [1.29, 1.82) is 0 Å². The molecule has 0 saturated carbocycles. The third kappa shape index (κ3) is 4.44. The van der Waals surface area contributed by atoms with E-state index in [1.54, 1.807) is 17.6 Å². The lowest BCUT2D eigenvalue weighted by Crippen LogP contribution is -2.39. The number of ether oxygens (including phenoxy) is 2. The summed E-state index contributed by atoms with van der Waals surface area (Å²) in [6, 6.07) is 11.2. The van der Waals surface area contributed by atoms with E-state index in [1.807, 2.05) is 36.4 Å². The summed E-state index contributed by atoms with van der Waals surface area (Å²) in [7, 11) is 1.34. The summed E-state index contributed by atoms with van der Waals surface area (Å²) in [4.78, 5) is 33.8. The molecule has 0 amide bonds. The minimum absolute atomic E-state index is 0.227. The van der Waals surface area contributed by atoms with Crippen LogP contribution in [0, 0.1) is 0 Å². The average Bonchev–Trinajstić information content (AvgIpc) is 3.48. The predicted octanol–water partition coefficient (Wildman–Crippen LogP) is 2.96. The number of anilines is 1. The smallest absolute Gasteiger partial charge is 0.338 e. The van der Waals surface area contributed by atoms with E-state index in [-0.39, 0.29) is 5.56 Å². The van der Waals surface area contributed by atoms with E-state index in [9.17, 15) is 9.59 Å². The summed E-state index contributed by atoms with van der Waals surface area (Å²) < 4.78 is 18.6. The number of carbonyl (C=O) groups excluding carboxylic acids is 1. The maximum Gasteiger partial charge on any atom is 0.338 e. The van der Waals surface area contributed by atoms with Crippen LogP contribution in [-0.4, -0.2) is 43.9 Å². The molecule has 0 spiro atoms. The normalized spacial score (nSPS) is 18.4. The van der Waals surface area contributed by atoms with Gasteiger partial charge in [0.05, 0.1) is 42.2 Å². The zero-order chi connectivity index (χ0) is 25.4. The Kier molecular flexibility index (Phi) is 6.68. The predicted molar refractivity (Wildman–Crippen MR) is 138 cm³/mol. The molecule has 8 nitrogen and oxygen atoms in total. The minimum Gasteiger partial charge on any atom is -0.466 e. The molecule has 1 saturated heterocycles. The lowest BCUT2D eigenvalue weighted by Gasteiger charge is -2.26. The summed E-state index contributed by atoms with van der Waals surface area (Å²) in [6.07, 6.45) is 1.74. The zero-order valence-electron chi connectivity index (χ0n) is 20.8. The lowest BCUT2D eigenvalue weighted by atomic mass is 9.93. The third-order valence-electron chi connectivity index (χ3n) is 6.55. The number of nitrogens with zero attached hydrogens (tertiary/aromatic N) is 3. The van der Waals surface area contributed by atoms with E-state index in [1.165, 1.54) is 24.0 Å². The van der Waals surface area contributed by atoms with E-state index in [0.717, 1.165) is 24.5 Å². The SMILES string of the molecule is COC(=O)C1=C(C)N=c2s/c(=C\c3ccc(N4CCOCC4)o3)c(=O)n2C1c1ccc(C(C)C)cc1. The molecule has 2 aliphatic heterocycles. The molecule has 4 heterocycles. The Balaban J connectivity index is 1.60. The number of esters is 1. The standard InChI is InChI=1S/C27H29N3O5S/c1-16(2)18-5-7-19(8-6-18)24-23(26(32)33-4)17(3)28-27-30(24)25(31)21(36-27)15-20-9-10-22(35-20)29-11-13-34-14-12-29/h5-10,15-16,24H,11-14H2,1-4H3/b21-15-. The van der Waals surface area contributed by atoms with Gasteiger partial charge in [-0.15, -0.1) is 0 Å². The Morgan fingerprint density at radius 2 is 1.89 bits per heavy atom. The molecule has 2 aromatic heterocycles. The number of allylic oxidation sites excluding steroid dienone is 1. The van der Waals surface area contributed by atoms with Crippen LogP contribution in [0.4, 0.5) is 5.88 Å². The van der Waals surface area contributed by atoms with E-state index >= 15 is 0 Å². The molecule has 0 bridgehead atoms. The minimum atomic E-state index is -0.627. The number of aromatic nitrogens is 1. The van der Waals surface area contributed by atoms with Crippen LogP contribution in [-0.2, 0) is 14.3 Å². The van der Waals surface area contributed by atoms with Crippen LogP contribution in [0.25, 0.3) is 6.08 Å². The van der Waals surface area contributed by atoms with Crippen molar-refractivity contribution < 1.29 is 18.7 Å².